The van der Waals surface area contributed by atoms with Crippen LogP contribution in [-0.2, 0) is 0 Å². The summed E-state index contributed by atoms with van der Waals surface area (Å²) in [5.41, 5.74) is 1.68. The summed E-state index contributed by atoms with van der Waals surface area (Å²) in [4.78, 5) is 26.4. The molecule has 0 radical (unpaired) electrons. The minimum absolute atomic E-state index is 0.186. The van der Waals surface area contributed by atoms with E-state index in [1.54, 1.807) is 14.1 Å². The Morgan fingerprint density at radius 2 is 1.44 bits per heavy atom. The van der Waals surface area contributed by atoms with E-state index in [1.165, 1.54) is 4.90 Å². The van der Waals surface area contributed by atoms with Crippen molar-refractivity contribution >= 4 is 23.6 Å². The van der Waals surface area contributed by atoms with E-state index in [0.717, 1.165) is 11.3 Å². The summed E-state index contributed by atoms with van der Waals surface area (Å²) in [5.74, 6) is 1.02. The fraction of sp³-hybridized carbons (Fsp3) is 0.111. The Morgan fingerprint density at radius 1 is 0.840 bits per heavy atom. The molecule has 1 heterocycles. The lowest BCUT2D eigenvalue weighted by Gasteiger charge is -2.13. The first-order chi connectivity index (χ1) is 12.1. The van der Waals surface area contributed by atoms with Gasteiger partial charge in [-0.05, 0) is 12.1 Å². The molecule has 3 aromatic rings. The van der Waals surface area contributed by atoms with Gasteiger partial charge in [-0.1, -0.05) is 48.5 Å². The van der Waals surface area contributed by atoms with Crippen molar-refractivity contribution < 1.29 is 4.79 Å². The molecule has 0 unspecified atom stereocenters. The average Bonchev–Trinajstić information content (AvgIpc) is 2.63. The molecule has 25 heavy (non-hydrogen) atoms. The van der Waals surface area contributed by atoms with Crippen molar-refractivity contribution in [3.05, 3.63) is 60.7 Å². The molecule has 0 aliphatic heterocycles. The molecule has 7 heteroatoms. The van der Waals surface area contributed by atoms with Gasteiger partial charge in [-0.2, -0.15) is 15.0 Å². The number of amides is 2. The number of rotatable bonds is 4. The number of aromatic nitrogens is 3. The minimum atomic E-state index is -0.309. The quantitative estimate of drug-likeness (QED) is 0.764. The Bertz CT molecular complexity index is 852. The smallest absolute Gasteiger partial charge is 0.323 e. The molecular weight excluding hydrogens is 316 g/mol. The molecule has 0 atom stereocenters. The molecule has 0 bridgehead atoms. The zero-order chi connectivity index (χ0) is 17.6. The van der Waals surface area contributed by atoms with Crippen molar-refractivity contribution in [1.29, 1.82) is 0 Å². The van der Waals surface area contributed by atoms with Crippen LogP contribution >= 0.6 is 0 Å². The molecule has 0 aliphatic carbocycles. The molecule has 0 spiro atoms. The first kappa shape index (κ1) is 16.4. The van der Waals surface area contributed by atoms with Crippen LogP contribution in [0, 0.1) is 0 Å². The Balaban J connectivity index is 1.97. The first-order valence-electron chi connectivity index (χ1n) is 7.74. The van der Waals surface area contributed by atoms with Gasteiger partial charge in [0.1, 0.15) is 0 Å². The van der Waals surface area contributed by atoms with Crippen LogP contribution in [0.3, 0.4) is 0 Å². The van der Waals surface area contributed by atoms with Crippen molar-refractivity contribution in [1.82, 2.24) is 19.9 Å². The lowest BCUT2D eigenvalue weighted by Crippen LogP contribution is -2.28. The first-order valence-corrected chi connectivity index (χ1v) is 7.74. The van der Waals surface area contributed by atoms with E-state index in [4.69, 9.17) is 0 Å². The summed E-state index contributed by atoms with van der Waals surface area (Å²) in [6.45, 7) is 0. The standard InChI is InChI=1S/C18H18N6O/c1-24(2)18(25)23-17-21-15(13-9-5-3-6-10-13)20-16(22-17)19-14-11-7-4-8-12-14/h3-12H,1-2H3,(H2,19,20,21,22,23,25). The van der Waals surface area contributed by atoms with Gasteiger partial charge in [0.05, 0.1) is 0 Å². The maximum absolute atomic E-state index is 11.9. The number of hydrogen-bond donors (Lipinski definition) is 2. The number of carbonyl (C=O) groups excluding carboxylic acids is 1. The van der Waals surface area contributed by atoms with Crippen LogP contribution in [0.15, 0.2) is 60.7 Å². The van der Waals surface area contributed by atoms with Crippen LogP contribution in [0.2, 0.25) is 0 Å². The van der Waals surface area contributed by atoms with Crippen molar-refractivity contribution in [3.8, 4) is 11.4 Å². The predicted molar refractivity (Wildman–Crippen MR) is 97.7 cm³/mol. The lowest BCUT2D eigenvalue weighted by atomic mass is 10.2. The maximum atomic E-state index is 11.9. The molecule has 0 aliphatic rings. The van der Waals surface area contributed by atoms with Crippen LogP contribution in [0.25, 0.3) is 11.4 Å². The lowest BCUT2D eigenvalue weighted by molar-refractivity contribution is 0.230. The molecule has 0 saturated heterocycles. The summed E-state index contributed by atoms with van der Waals surface area (Å²) in [6.07, 6.45) is 0. The molecule has 1 aromatic heterocycles. The summed E-state index contributed by atoms with van der Waals surface area (Å²) in [6, 6.07) is 18.8. The highest BCUT2D eigenvalue weighted by Gasteiger charge is 2.12. The third-order valence-electron chi connectivity index (χ3n) is 3.32. The van der Waals surface area contributed by atoms with Gasteiger partial charge in [-0.15, -0.1) is 0 Å². The van der Waals surface area contributed by atoms with Crippen molar-refractivity contribution in [2.24, 2.45) is 0 Å². The van der Waals surface area contributed by atoms with Gasteiger partial charge in [0.2, 0.25) is 11.9 Å². The van der Waals surface area contributed by atoms with E-state index >= 15 is 0 Å². The van der Waals surface area contributed by atoms with Gasteiger partial charge < -0.3 is 10.2 Å². The third-order valence-corrected chi connectivity index (χ3v) is 3.32. The number of urea groups is 1. The monoisotopic (exact) mass is 334 g/mol. The van der Waals surface area contributed by atoms with Gasteiger partial charge in [0.15, 0.2) is 5.82 Å². The Hall–Kier alpha value is -3.48. The van der Waals surface area contributed by atoms with Crippen molar-refractivity contribution in [2.75, 3.05) is 24.7 Å². The second-order valence-corrected chi connectivity index (χ2v) is 5.49. The highest BCUT2D eigenvalue weighted by Crippen LogP contribution is 2.20. The number of nitrogens with one attached hydrogen (secondary N) is 2. The second kappa shape index (κ2) is 7.39. The number of nitrogens with zero attached hydrogens (tertiary/aromatic N) is 4. The molecule has 0 fully saturated rings. The van der Waals surface area contributed by atoms with E-state index in [2.05, 4.69) is 25.6 Å². The highest BCUT2D eigenvalue weighted by atomic mass is 16.2. The van der Waals surface area contributed by atoms with Crippen LogP contribution in [0.1, 0.15) is 0 Å². The number of benzene rings is 2. The fourth-order valence-electron chi connectivity index (χ4n) is 2.06. The largest absolute Gasteiger partial charge is 0.331 e. The molecule has 2 aromatic carbocycles. The van der Waals surface area contributed by atoms with E-state index in [1.807, 2.05) is 60.7 Å². The SMILES string of the molecule is CN(C)C(=O)Nc1nc(Nc2ccccc2)nc(-c2ccccc2)n1. The number of para-hydroxylation sites is 1. The number of anilines is 3. The zero-order valence-electron chi connectivity index (χ0n) is 14.0. The maximum Gasteiger partial charge on any atom is 0.323 e. The van der Waals surface area contributed by atoms with Gasteiger partial charge >= 0.3 is 6.03 Å². The molecule has 2 N–H and O–H groups in total. The van der Waals surface area contributed by atoms with Gasteiger partial charge in [0, 0.05) is 25.3 Å². The Kier molecular flexibility index (Phi) is 4.84. The average molecular weight is 334 g/mol. The zero-order valence-corrected chi connectivity index (χ0v) is 14.0. The highest BCUT2D eigenvalue weighted by molar-refractivity contribution is 5.87. The minimum Gasteiger partial charge on any atom is -0.331 e. The van der Waals surface area contributed by atoms with E-state index in [9.17, 15) is 4.79 Å². The van der Waals surface area contributed by atoms with Crippen LogP contribution in [0.4, 0.5) is 22.4 Å². The topological polar surface area (TPSA) is 83.0 Å². The summed E-state index contributed by atoms with van der Waals surface area (Å²) >= 11 is 0. The molecule has 126 valence electrons. The number of hydrogen-bond acceptors (Lipinski definition) is 5. The molecule has 7 nitrogen and oxygen atoms in total. The van der Waals surface area contributed by atoms with Crippen molar-refractivity contribution in [2.45, 2.75) is 0 Å². The predicted octanol–water partition coefficient (Wildman–Crippen LogP) is 3.38. The summed E-state index contributed by atoms with van der Waals surface area (Å²) < 4.78 is 0. The van der Waals surface area contributed by atoms with Crippen LogP contribution < -0.4 is 10.6 Å². The van der Waals surface area contributed by atoms with Crippen LogP contribution in [0.5, 0.6) is 0 Å². The Labute approximate surface area is 145 Å². The Morgan fingerprint density at radius 3 is 2.08 bits per heavy atom. The summed E-state index contributed by atoms with van der Waals surface area (Å²) in [5, 5.41) is 5.79. The third kappa shape index (κ3) is 4.29. The second-order valence-electron chi connectivity index (χ2n) is 5.49. The number of carbonyl (C=O) groups is 1. The normalized spacial score (nSPS) is 10.2. The van der Waals surface area contributed by atoms with E-state index < -0.39 is 0 Å². The van der Waals surface area contributed by atoms with Gasteiger partial charge in [-0.25, -0.2) is 4.79 Å². The molecule has 2 amide bonds. The van der Waals surface area contributed by atoms with E-state index in [0.29, 0.717) is 11.8 Å². The molecule has 3 rings (SSSR count). The fourth-order valence-corrected chi connectivity index (χ4v) is 2.06. The molecular formula is C18H18N6O. The van der Waals surface area contributed by atoms with Crippen molar-refractivity contribution in [3.63, 3.8) is 0 Å². The van der Waals surface area contributed by atoms with Gasteiger partial charge in [-0.3, -0.25) is 5.32 Å². The van der Waals surface area contributed by atoms with Gasteiger partial charge in [0.25, 0.3) is 0 Å². The molecule has 0 saturated carbocycles. The summed E-state index contributed by atoms with van der Waals surface area (Å²) in [7, 11) is 3.30. The van der Waals surface area contributed by atoms with E-state index in [-0.39, 0.29) is 12.0 Å². The van der Waals surface area contributed by atoms with Crippen LogP contribution in [-0.4, -0.2) is 40.0 Å².